The molecule has 1 amide bonds. The van der Waals surface area contributed by atoms with Crippen LogP contribution in [0.15, 0.2) is 35.7 Å². The highest BCUT2D eigenvalue weighted by Crippen LogP contribution is 2.27. The van der Waals surface area contributed by atoms with Crippen molar-refractivity contribution >= 4 is 22.9 Å². The van der Waals surface area contributed by atoms with Crippen LogP contribution < -0.4 is 15.1 Å². The van der Waals surface area contributed by atoms with Gasteiger partial charge < -0.3 is 15.1 Å². The molecular weight excluding hydrogens is 342 g/mol. The van der Waals surface area contributed by atoms with Gasteiger partial charge in [-0.25, -0.2) is 0 Å². The average molecular weight is 374 g/mol. The number of thiophene rings is 1. The number of piperazine rings is 1. The number of para-hydroxylation sites is 1. The maximum absolute atomic E-state index is 12.6. The van der Waals surface area contributed by atoms with Crippen LogP contribution in [0, 0.1) is 6.92 Å². The topological polar surface area (TPSA) is 38.0 Å². The highest BCUT2D eigenvalue weighted by Gasteiger charge is 2.25. The Morgan fingerprint density at radius 1 is 1.12 bits per heavy atom. The van der Waals surface area contributed by atoms with E-state index in [4.69, 9.17) is 0 Å². The Balaban J connectivity index is 1.51. The van der Waals surface area contributed by atoms with Crippen LogP contribution in [0.3, 0.4) is 0 Å². The summed E-state index contributed by atoms with van der Waals surface area (Å²) in [6.07, 6.45) is 0. The molecule has 1 aliphatic rings. The molecule has 0 aliphatic carbocycles. The third-order valence-electron chi connectivity index (χ3n) is 5.27. The first-order valence-corrected chi connectivity index (χ1v) is 10.5. The number of hydrogen-bond acceptors (Lipinski definition) is 2. The quantitative estimate of drug-likeness (QED) is 0.697. The van der Waals surface area contributed by atoms with E-state index in [1.165, 1.54) is 15.3 Å². The van der Waals surface area contributed by atoms with Crippen molar-refractivity contribution in [1.82, 2.24) is 0 Å². The Morgan fingerprint density at radius 2 is 1.85 bits per heavy atom. The van der Waals surface area contributed by atoms with Gasteiger partial charge in [0.2, 0.25) is 0 Å². The van der Waals surface area contributed by atoms with Crippen molar-refractivity contribution in [1.29, 1.82) is 0 Å². The summed E-state index contributed by atoms with van der Waals surface area (Å²) in [4.78, 5) is 17.1. The molecule has 5 heteroatoms. The van der Waals surface area contributed by atoms with E-state index in [0.717, 1.165) is 44.0 Å². The number of anilines is 1. The highest BCUT2D eigenvalue weighted by atomic mass is 32.1. The molecule has 140 valence electrons. The molecule has 0 bridgehead atoms. The van der Waals surface area contributed by atoms with Crippen molar-refractivity contribution in [3.63, 3.8) is 0 Å². The first-order valence-electron chi connectivity index (χ1n) is 9.62. The van der Waals surface area contributed by atoms with E-state index in [-0.39, 0.29) is 5.91 Å². The van der Waals surface area contributed by atoms with Gasteiger partial charge in [0.15, 0.2) is 6.54 Å². The molecule has 0 radical (unpaired) electrons. The first kappa shape index (κ1) is 19.1. The predicted octanol–water partition coefficient (Wildman–Crippen LogP) is 1.10. The second-order valence-electron chi connectivity index (χ2n) is 7.67. The lowest BCUT2D eigenvalue weighted by atomic mass is 9.98. The van der Waals surface area contributed by atoms with Crippen molar-refractivity contribution in [3.05, 3.63) is 51.7 Å². The Hall–Kier alpha value is -1.69. The largest absolute Gasteiger partial charge is 0.321 e. The van der Waals surface area contributed by atoms with Crippen LogP contribution >= 0.6 is 11.3 Å². The van der Waals surface area contributed by atoms with Gasteiger partial charge >= 0.3 is 0 Å². The summed E-state index contributed by atoms with van der Waals surface area (Å²) >= 11 is 1.84. The number of carbonyl (C=O) groups excluding carboxylic acids is 1. The summed E-state index contributed by atoms with van der Waals surface area (Å²) in [5, 5.41) is 5.34. The zero-order valence-corrected chi connectivity index (χ0v) is 16.9. The van der Waals surface area contributed by atoms with Crippen LogP contribution in [0.25, 0.3) is 0 Å². The highest BCUT2D eigenvalue weighted by molar-refractivity contribution is 7.09. The third kappa shape index (κ3) is 4.93. The van der Waals surface area contributed by atoms with Crippen molar-refractivity contribution in [3.8, 4) is 0 Å². The van der Waals surface area contributed by atoms with Gasteiger partial charge in [-0.2, -0.15) is 0 Å². The Kier molecular flexibility index (Phi) is 6.46. The summed E-state index contributed by atoms with van der Waals surface area (Å²) in [5.74, 6) is 0.542. The minimum absolute atomic E-state index is 0.137. The zero-order chi connectivity index (χ0) is 18.5. The van der Waals surface area contributed by atoms with Crippen molar-refractivity contribution in [2.45, 2.75) is 33.2 Å². The molecule has 0 unspecified atom stereocenters. The lowest BCUT2D eigenvalue weighted by molar-refractivity contribution is -1.01. The van der Waals surface area contributed by atoms with Gasteiger partial charge in [0.25, 0.3) is 5.91 Å². The number of quaternary nitrogens is 2. The second kappa shape index (κ2) is 8.80. The fraction of sp³-hybridized carbons (Fsp3) is 0.476. The van der Waals surface area contributed by atoms with Crippen LogP contribution in [-0.4, -0.2) is 38.6 Å². The van der Waals surface area contributed by atoms with Gasteiger partial charge in [0.1, 0.15) is 32.7 Å². The molecule has 1 aromatic heterocycles. The van der Waals surface area contributed by atoms with Gasteiger partial charge in [-0.05, 0) is 35.4 Å². The fourth-order valence-corrected chi connectivity index (χ4v) is 4.50. The van der Waals surface area contributed by atoms with Crippen molar-refractivity contribution < 1.29 is 14.6 Å². The van der Waals surface area contributed by atoms with E-state index in [0.29, 0.717) is 12.5 Å². The number of carbonyl (C=O) groups is 1. The van der Waals surface area contributed by atoms with Crippen LogP contribution in [0.2, 0.25) is 0 Å². The molecule has 2 heterocycles. The first-order chi connectivity index (χ1) is 12.5. The molecule has 0 saturated carbocycles. The molecule has 4 nitrogen and oxygen atoms in total. The van der Waals surface area contributed by atoms with E-state index in [1.807, 2.05) is 11.3 Å². The summed E-state index contributed by atoms with van der Waals surface area (Å²) in [7, 11) is 0. The molecule has 3 rings (SSSR count). The molecule has 0 atom stereocenters. The van der Waals surface area contributed by atoms with Crippen LogP contribution in [0.5, 0.6) is 0 Å². The summed E-state index contributed by atoms with van der Waals surface area (Å²) < 4.78 is 0. The number of aryl methyl sites for hydroxylation is 1. The fourth-order valence-electron chi connectivity index (χ4n) is 3.72. The van der Waals surface area contributed by atoms with E-state index in [1.54, 1.807) is 4.90 Å². The Bertz CT molecular complexity index is 719. The summed E-state index contributed by atoms with van der Waals surface area (Å²) in [5.41, 5.74) is 3.37. The molecule has 26 heavy (non-hydrogen) atoms. The smallest absolute Gasteiger partial charge is 0.279 e. The maximum atomic E-state index is 12.6. The number of benzene rings is 1. The third-order valence-corrected chi connectivity index (χ3v) is 6.15. The molecule has 2 aromatic rings. The lowest BCUT2D eigenvalue weighted by Gasteiger charge is -2.29. The van der Waals surface area contributed by atoms with Gasteiger partial charge in [-0.1, -0.05) is 38.1 Å². The van der Waals surface area contributed by atoms with Gasteiger partial charge in [-0.15, -0.1) is 11.3 Å². The summed E-state index contributed by atoms with van der Waals surface area (Å²) in [6, 6.07) is 10.6. The standard InChI is InChI=1S/C21H29N3OS/c1-16(2)19-8-4-6-17(3)21(19)22-20(25)15-24-11-9-23(10-12-24)14-18-7-5-13-26-18/h4-8,13,16H,9-12,14-15H2,1-3H3,(H,22,25)/p+2. The van der Waals surface area contributed by atoms with E-state index in [2.05, 4.69) is 61.8 Å². The number of amides is 1. The zero-order valence-electron chi connectivity index (χ0n) is 16.1. The van der Waals surface area contributed by atoms with Crippen LogP contribution in [0.1, 0.15) is 35.8 Å². The Labute approximate surface area is 160 Å². The van der Waals surface area contributed by atoms with E-state index >= 15 is 0 Å². The maximum Gasteiger partial charge on any atom is 0.279 e. The van der Waals surface area contributed by atoms with E-state index < -0.39 is 0 Å². The molecular formula is C21H31N3OS+2. The van der Waals surface area contributed by atoms with Crippen LogP contribution in [0.4, 0.5) is 5.69 Å². The number of nitrogens with one attached hydrogen (secondary N) is 3. The molecule has 1 aromatic carbocycles. The minimum Gasteiger partial charge on any atom is -0.321 e. The lowest BCUT2D eigenvalue weighted by Crippen LogP contribution is -3.28. The number of rotatable bonds is 6. The predicted molar refractivity (Wildman–Crippen MR) is 108 cm³/mol. The number of hydrogen-bond donors (Lipinski definition) is 3. The molecule has 1 fully saturated rings. The normalized spacial score (nSPS) is 20.3. The van der Waals surface area contributed by atoms with Gasteiger partial charge in [-0.3, -0.25) is 4.79 Å². The average Bonchev–Trinajstić information content (AvgIpc) is 3.11. The molecule has 0 spiro atoms. The SMILES string of the molecule is Cc1cccc(C(C)C)c1NC(=O)C[NH+]1CC[NH+](Cc2cccs2)CC1. The monoisotopic (exact) mass is 373 g/mol. The van der Waals surface area contributed by atoms with Gasteiger partial charge in [0, 0.05) is 5.69 Å². The molecule has 1 aliphatic heterocycles. The minimum atomic E-state index is 0.137. The van der Waals surface area contributed by atoms with Crippen molar-refractivity contribution in [2.75, 3.05) is 38.0 Å². The van der Waals surface area contributed by atoms with Crippen LogP contribution in [-0.2, 0) is 11.3 Å². The van der Waals surface area contributed by atoms with Crippen molar-refractivity contribution in [2.24, 2.45) is 0 Å². The molecule has 3 N–H and O–H groups in total. The second-order valence-corrected chi connectivity index (χ2v) is 8.71. The molecule has 1 saturated heterocycles. The summed E-state index contributed by atoms with van der Waals surface area (Å²) in [6.45, 7) is 12.5. The Morgan fingerprint density at radius 3 is 2.50 bits per heavy atom. The van der Waals surface area contributed by atoms with Gasteiger partial charge in [0.05, 0.1) is 4.88 Å². The van der Waals surface area contributed by atoms with E-state index in [9.17, 15) is 4.79 Å².